The lowest BCUT2D eigenvalue weighted by molar-refractivity contribution is 0.167. The van der Waals surface area contributed by atoms with E-state index in [9.17, 15) is 0 Å². The molecule has 0 radical (unpaired) electrons. The molecule has 1 N–H and O–H groups in total. The Morgan fingerprint density at radius 2 is 1.78 bits per heavy atom. The van der Waals surface area contributed by atoms with Crippen LogP contribution in [0.4, 0.5) is 0 Å². The van der Waals surface area contributed by atoms with E-state index in [1.54, 1.807) is 0 Å². The molecular formula is C16H27NO. The molecule has 0 aliphatic heterocycles. The van der Waals surface area contributed by atoms with Crippen molar-refractivity contribution < 1.29 is 4.74 Å². The Labute approximate surface area is 112 Å². The highest BCUT2D eigenvalue weighted by Gasteiger charge is 2.15. The van der Waals surface area contributed by atoms with Crippen LogP contribution in [0.3, 0.4) is 0 Å². The molecule has 18 heavy (non-hydrogen) atoms. The van der Waals surface area contributed by atoms with E-state index in [1.165, 1.54) is 5.56 Å². The van der Waals surface area contributed by atoms with E-state index >= 15 is 0 Å². The standard InChI is InChI=1S/C16H27NO/c1-5-12-17-16(7-3)13(4)18-15-10-8-14(6-2)9-11-15/h8-11,13,16-17H,5-7,12H2,1-4H3. The van der Waals surface area contributed by atoms with Gasteiger partial charge in [0.2, 0.25) is 0 Å². The van der Waals surface area contributed by atoms with Crippen LogP contribution in [-0.2, 0) is 6.42 Å². The predicted octanol–water partition coefficient (Wildman–Crippen LogP) is 3.79. The maximum atomic E-state index is 6.00. The topological polar surface area (TPSA) is 21.3 Å². The van der Waals surface area contributed by atoms with Gasteiger partial charge in [-0.3, -0.25) is 0 Å². The Hall–Kier alpha value is -1.02. The van der Waals surface area contributed by atoms with Crippen molar-refractivity contribution in [2.75, 3.05) is 6.54 Å². The van der Waals surface area contributed by atoms with Crippen LogP contribution in [0.2, 0.25) is 0 Å². The summed E-state index contributed by atoms with van der Waals surface area (Å²) in [4.78, 5) is 0. The number of hydrogen-bond acceptors (Lipinski definition) is 2. The van der Waals surface area contributed by atoms with Crippen LogP contribution < -0.4 is 10.1 Å². The largest absolute Gasteiger partial charge is 0.489 e. The van der Waals surface area contributed by atoms with E-state index in [0.29, 0.717) is 6.04 Å². The Kier molecular flexibility index (Phi) is 6.81. The molecule has 0 heterocycles. The second kappa shape index (κ2) is 8.15. The molecule has 0 aromatic heterocycles. The second-order valence-corrected chi connectivity index (χ2v) is 4.79. The quantitative estimate of drug-likeness (QED) is 0.756. The lowest BCUT2D eigenvalue weighted by atomic mass is 10.1. The molecule has 2 unspecified atom stereocenters. The van der Waals surface area contributed by atoms with E-state index in [0.717, 1.165) is 31.6 Å². The molecule has 0 bridgehead atoms. The van der Waals surface area contributed by atoms with Gasteiger partial charge in [-0.1, -0.05) is 32.9 Å². The summed E-state index contributed by atoms with van der Waals surface area (Å²) in [6.07, 6.45) is 3.53. The van der Waals surface area contributed by atoms with Crippen LogP contribution in [0.1, 0.15) is 46.1 Å². The minimum absolute atomic E-state index is 0.203. The summed E-state index contributed by atoms with van der Waals surface area (Å²) in [5.74, 6) is 0.969. The molecule has 0 saturated carbocycles. The number of benzene rings is 1. The first kappa shape index (κ1) is 15.0. The smallest absolute Gasteiger partial charge is 0.119 e. The molecule has 0 spiro atoms. The zero-order chi connectivity index (χ0) is 13.4. The molecule has 0 aliphatic rings. The molecule has 2 atom stereocenters. The summed E-state index contributed by atoms with van der Waals surface area (Å²) in [5, 5.41) is 3.54. The molecule has 0 saturated heterocycles. The molecule has 0 amide bonds. The number of nitrogens with one attached hydrogen (secondary N) is 1. The molecule has 1 rings (SSSR count). The Balaban J connectivity index is 2.52. The van der Waals surface area contributed by atoms with E-state index in [1.807, 2.05) is 0 Å². The van der Waals surface area contributed by atoms with E-state index in [2.05, 4.69) is 57.3 Å². The van der Waals surface area contributed by atoms with Crippen molar-refractivity contribution in [2.24, 2.45) is 0 Å². The van der Waals surface area contributed by atoms with Gasteiger partial charge in [-0.15, -0.1) is 0 Å². The van der Waals surface area contributed by atoms with Crippen molar-refractivity contribution in [3.05, 3.63) is 29.8 Å². The average molecular weight is 249 g/mol. The van der Waals surface area contributed by atoms with E-state index in [4.69, 9.17) is 4.74 Å². The van der Waals surface area contributed by atoms with Crippen molar-refractivity contribution in [2.45, 2.75) is 59.1 Å². The van der Waals surface area contributed by atoms with Gasteiger partial charge in [-0.25, -0.2) is 0 Å². The maximum absolute atomic E-state index is 6.00. The van der Waals surface area contributed by atoms with Crippen LogP contribution in [0.15, 0.2) is 24.3 Å². The number of rotatable bonds is 8. The summed E-state index contributed by atoms with van der Waals surface area (Å²) >= 11 is 0. The Morgan fingerprint density at radius 1 is 1.11 bits per heavy atom. The minimum Gasteiger partial charge on any atom is -0.489 e. The van der Waals surface area contributed by atoms with E-state index < -0.39 is 0 Å². The normalized spacial score (nSPS) is 14.2. The fourth-order valence-corrected chi connectivity index (χ4v) is 2.07. The number of ether oxygens (including phenoxy) is 1. The van der Waals surface area contributed by atoms with Crippen molar-refractivity contribution >= 4 is 0 Å². The van der Waals surface area contributed by atoms with Gasteiger partial charge in [-0.2, -0.15) is 0 Å². The average Bonchev–Trinajstić information content (AvgIpc) is 2.40. The van der Waals surface area contributed by atoms with Crippen LogP contribution in [0.25, 0.3) is 0 Å². The van der Waals surface area contributed by atoms with Crippen molar-refractivity contribution in [3.63, 3.8) is 0 Å². The van der Waals surface area contributed by atoms with Crippen molar-refractivity contribution in [3.8, 4) is 5.75 Å². The molecule has 1 aromatic rings. The fraction of sp³-hybridized carbons (Fsp3) is 0.625. The van der Waals surface area contributed by atoms with Crippen molar-refractivity contribution in [1.82, 2.24) is 5.32 Å². The molecule has 2 nitrogen and oxygen atoms in total. The van der Waals surface area contributed by atoms with Crippen LogP contribution in [-0.4, -0.2) is 18.7 Å². The summed E-state index contributed by atoms with van der Waals surface area (Å²) in [5.41, 5.74) is 1.35. The third-order valence-corrected chi connectivity index (χ3v) is 3.32. The Bertz CT molecular complexity index is 320. The number of aryl methyl sites for hydroxylation is 1. The molecule has 0 fully saturated rings. The highest BCUT2D eigenvalue weighted by molar-refractivity contribution is 5.27. The van der Waals surface area contributed by atoms with E-state index in [-0.39, 0.29) is 6.10 Å². The van der Waals surface area contributed by atoms with Gasteiger partial charge in [0, 0.05) is 6.04 Å². The summed E-state index contributed by atoms with van der Waals surface area (Å²) in [6.45, 7) is 9.76. The molecular weight excluding hydrogens is 222 g/mol. The molecule has 102 valence electrons. The van der Waals surface area contributed by atoms with Gasteiger partial charge < -0.3 is 10.1 Å². The highest BCUT2D eigenvalue weighted by atomic mass is 16.5. The maximum Gasteiger partial charge on any atom is 0.119 e. The van der Waals surface area contributed by atoms with Crippen molar-refractivity contribution in [1.29, 1.82) is 0 Å². The summed E-state index contributed by atoms with van der Waals surface area (Å²) in [7, 11) is 0. The Morgan fingerprint density at radius 3 is 2.28 bits per heavy atom. The van der Waals surface area contributed by atoms with Gasteiger partial charge in [0.1, 0.15) is 11.9 Å². The van der Waals surface area contributed by atoms with Crippen LogP contribution in [0, 0.1) is 0 Å². The van der Waals surface area contributed by atoms with Gasteiger partial charge in [0.25, 0.3) is 0 Å². The zero-order valence-corrected chi connectivity index (χ0v) is 12.2. The summed E-state index contributed by atoms with van der Waals surface area (Å²) in [6, 6.07) is 8.85. The first-order valence-electron chi connectivity index (χ1n) is 7.20. The van der Waals surface area contributed by atoms with Gasteiger partial charge in [-0.05, 0) is 50.4 Å². The van der Waals surface area contributed by atoms with Gasteiger partial charge >= 0.3 is 0 Å². The fourth-order valence-electron chi connectivity index (χ4n) is 2.07. The molecule has 2 heteroatoms. The third kappa shape index (κ3) is 4.69. The molecule has 0 aliphatic carbocycles. The minimum atomic E-state index is 0.203. The summed E-state index contributed by atoms with van der Waals surface area (Å²) < 4.78 is 6.00. The lowest BCUT2D eigenvalue weighted by Crippen LogP contribution is -2.41. The monoisotopic (exact) mass is 249 g/mol. The number of hydrogen-bond donors (Lipinski definition) is 1. The van der Waals surface area contributed by atoms with Crippen LogP contribution in [0.5, 0.6) is 5.75 Å². The predicted molar refractivity (Wildman–Crippen MR) is 78.3 cm³/mol. The first-order valence-corrected chi connectivity index (χ1v) is 7.20. The lowest BCUT2D eigenvalue weighted by Gasteiger charge is -2.25. The van der Waals surface area contributed by atoms with Gasteiger partial charge in [0.05, 0.1) is 0 Å². The molecule has 1 aromatic carbocycles. The van der Waals surface area contributed by atoms with Gasteiger partial charge in [0.15, 0.2) is 0 Å². The SMILES string of the molecule is CCCNC(CC)C(C)Oc1ccc(CC)cc1. The zero-order valence-electron chi connectivity index (χ0n) is 12.2. The second-order valence-electron chi connectivity index (χ2n) is 4.79. The van der Waals surface area contributed by atoms with Crippen LogP contribution >= 0.6 is 0 Å². The first-order chi connectivity index (χ1) is 8.71. The third-order valence-electron chi connectivity index (χ3n) is 3.32. The highest BCUT2D eigenvalue weighted by Crippen LogP contribution is 2.16.